The van der Waals surface area contributed by atoms with Gasteiger partial charge in [0.1, 0.15) is 0 Å². The average Bonchev–Trinajstić information content (AvgIpc) is 3.08. The molecule has 0 radical (unpaired) electrons. The summed E-state index contributed by atoms with van der Waals surface area (Å²) in [4.78, 5) is 22.3. The molecule has 1 fully saturated rings. The minimum Gasteiger partial charge on any atom is -0.340 e. The molecule has 1 amide bonds. The fraction of sp³-hybridized carbons (Fsp3) is 0.467. The zero-order valence-electron chi connectivity index (χ0n) is 12.4. The molecule has 0 aromatic carbocycles. The van der Waals surface area contributed by atoms with Gasteiger partial charge in [0.15, 0.2) is 0 Å². The number of hydrogen-bond acceptors (Lipinski definition) is 5. The molecule has 1 saturated heterocycles. The standard InChI is InChI=1S/C15H18ClN3OS2/c1-11-17-12(10-21-11)8-15(20)19-6-4-18(5-7-19)9-13-2-3-14(16)22-13/h2-3,10H,4-9H2,1H3. The van der Waals surface area contributed by atoms with E-state index in [1.54, 1.807) is 22.7 Å². The summed E-state index contributed by atoms with van der Waals surface area (Å²) in [6.45, 7) is 6.30. The number of aryl methyl sites for hydroxylation is 1. The van der Waals surface area contributed by atoms with Crippen LogP contribution in [0.5, 0.6) is 0 Å². The highest BCUT2D eigenvalue weighted by Crippen LogP contribution is 2.23. The van der Waals surface area contributed by atoms with E-state index in [9.17, 15) is 4.79 Å². The normalized spacial score (nSPS) is 16.2. The number of carbonyl (C=O) groups excluding carboxylic acids is 1. The Morgan fingerprint density at radius 2 is 2.09 bits per heavy atom. The van der Waals surface area contributed by atoms with Crippen molar-refractivity contribution < 1.29 is 4.79 Å². The maximum absolute atomic E-state index is 12.3. The molecule has 3 heterocycles. The summed E-state index contributed by atoms with van der Waals surface area (Å²) in [5.41, 5.74) is 0.892. The van der Waals surface area contributed by atoms with Crippen molar-refractivity contribution >= 4 is 40.2 Å². The van der Waals surface area contributed by atoms with Gasteiger partial charge in [-0.05, 0) is 19.1 Å². The Hall–Kier alpha value is -0.950. The monoisotopic (exact) mass is 355 g/mol. The van der Waals surface area contributed by atoms with Crippen LogP contribution in [0.25, 0.3) is 0 Å². The van der Waals surface area contributed by atoms with Gasteiger partial charge in [-0.2, -0.15) is 0 Å². The fourth-order valence-corrected chi connectivity index (χ4v) is 4.31. The molecule has 0 aliphatic carbocycles. The van der Waals surface area contributed by atoms with Crippen molar-refractivity contribution in [2.75, 3.05) is 26.2 Å². The van der Waals surface area contributed by atoms with Crippen molar-refractivity contribution in [2.45, 2.75) is 19.9 Å². The lowest BCUT2D eigenvalue weighted by molar-refractivity contribution is -0.132. The van der Waals surface area contributed by atoms with Crippen LogP contribution in [0, 0.1) is 6.92 Å². The van der Waals surface area contributed by atoms with Gasteiger partial charge < -0.3 is 4.90 Å². The minimum atomic E-state index is 0.184. The second-order valence-electron chi connectivity index (χ2n) is 5.40. The first-order chi connectivity index (χ1) is 10.6. The van der Waals surface area contributed by atoms with Gasteiger partial charge >= 0.3 is 0 Å². The molecule has 0 N–H and O–H groups in total. The maximum Gasteiger partial charge on any atom is 0.228 e. The van der Waals surface area contributed by atoms with Crippen molar-refractivity contribution in [2.24, 2.45) is 0 Å². The van der Waals surface area contributed by atoms with E-state index in [4.69, 9.17) is 11.6 Å². The predicted octanol–water partition coefficient (Wildman–Crippen LogP) is 3.05. The SMILES string of the molecule is Cc1nc(CC(=O)N2CCN(Cc3ccc(Cl)s3)CC2)cs1. The number of halogens is 1. The summed E-state index contributed by atoms with van der Waals surface area (Å²) in [7, 11) is 0. The van der Waals surface area contributed by atoms with Crippen LogP contribution in [0.4, 0.5) is 0 Å². The summed E-state index contributed by atoms with van der Waals surface area (Å²) in [6.07, 6.45) is 0.422. The number of nitrogens with zero attached hydrogens (tertiary/aromatic N) is 3. The van der Waals surface area contributed by atoms with Crippen LogP contribution in [0.15, 0.2) is 17.5 Å². The second-order valence-corrected chi connectivity index (χ2v) is 8.26. The van der Waals surface area contributed by atoms with Crippen molar-refractivity contribution in [3.63, 3.8) is 0 Å². The highest BCUT2D eigenvalue weighted by atomic mass is 35.5. The molecule has 2 aromatic heterocycles. The van der Waals surface area contributed by atoms with Crippen LogP contribution in [-0.2, 0) is 17.8 Å². The van der Waals surface area contributed by atoms with E-state index in [0.717, 1.165) is 47.8 Å². The van der Waals surface area contributed by atoms with Crippen molar-refractivity contribution in [1.82, 2.24) is 14.8 Å². The van der Waals surface area contributed by atoms with Gasteiger partial charge in [0, 0.05) is 43.0 Å². The second kappa shape index (κ2) is 7.08. The van der Waals surface area contributed by atoms with E-state index in [0.29, 0.717) is 6.42 Å². The Morgan fingerprint density at radius 3 is 2.68 bits per heavy atom. The van der Waals surface area contributed by atoms with E-state index < -0.39 is 0 Å². The third-order valence-corrected chi connectivity index (χ3v) is 5.77. The molecule has 0 bridgehead atoms. The summed E-state index contributed by atoms with van der Waals surface area (Å²) in [5.74, 6) is 0.184. The first kappa shape index (κ1) is 15.9. The third-order valence-electron chi connectivity index (χ3n) is 3.73. The van der Waals surface area contributed by atoms with Crippen molar-refractivity contribution in [1.29, 1.82) is 0 Å². The summed E-state index contributed by atoms with van der Waals surface area (Å²) in [6, 6.07) is 4.02. The molecule has 1 aliphatic rings. The Bertz CT molecular complexity index is 647. The molecule has 0 unspecified atom stereocenters. The summed E-state index contributed by atoms with van der Waals surface area (Å²) < 4.78 is 0.836. The van der Waals surface area contributed by atoms with Crippen LogP contribution in [-0.4, -0.2) is 46.9 Å². The van der Waals surface area contributed by atoms with Gasteiger partial charge in [-0.1, -0.05) is 11.6 Å². The Morgan fingerprint density at radius 1 is 1.32 bits per heavy atom. The molecule has 0 atom stereocenters. The largest absolute Gasteiger partial charge is 0.340 e. The number of hydrogen-bond donors (Lipinski definition) is 0. The molecule has 1 aliphatic heterocycles. The van der Waals surface area contributed by atoms with Gasteiger partial charge in [0.05, 0.1) is 21.5 Å². The molecule has 7 heteroatoms. The van der Waals surface area contributed by atoms with Crippen molar-refractivity contribution in [3.8, 4) is 0 Å². The summed E-state index contributed by atoms with van der Waals surface area (Å²) >= 11 is 9.19. The average molecular weight is 356 g/mol. The number of thiophene rings is 1. The lowest BCUT2D eigenvalue weighted by Crippen LogP contribution is -2.48. The zero-order valence-corrected chi connectivity index (χ0v) is 14.8. The number of amides is 1. The molecule has 3 rings (SSSR count). The summed E-state index contributed by atoms with van der Waals surface area (Å²) in [5, 5.41) is 2.99. The van der Waals surface area contributed by atoms with Gasteiger partial charge in [-0.15, -0.1) is 22.7 Å². The highest BCUT2D eigenvalue weighted by molar-refractivity contribution is 7.16. The van der Waals surface area contributed by atoms with Crippen LogP contribution in [0.1, 0.15) is 15.6 Å². The molecular weight excluding hydrogens is 338 g/mol. The van der Waals surface area contributed by atoms with Gasteiger partial charge in [0.2, 0.25) is 5.91 Å². The van der Waals surface area contributed by atoms with Crippen LogP contribution in [0.2, 0.25) is 4.34 Å². The minimum absolute atomic E-state index is 0.184. The quantitative estimate of drug-likeness (QED) is 0.845. The number of thiazole rings is 1. The van der Waals surface area contributed by atoms with E-state index in [-0.39, 0.29) is 5.91 Å². The van der Waals surface area contributed by atoms with E-state index in [1.165, 1.54) is 4.88 Å². The molecule has 118 valence electrons. The predicted molar refractivity (Wildman–Crippen MR) is 91.7 cm³/mol. The highest BCUT2D eigenvalue weighted by Gasteiger charge is 2.22. The molecule has 22 heavy (non-hydrogen) atoms. The number of carbonyl (C=O) groups is 1. The number of aromatic nitrogens is 1. The number of piperazine rings is 1. The van der Waals surface area contributed by atoms with Crippen molar-refractivity contribution in [3.05, 3.63) is 37.4 Å². The van der Waals surface area contributed by atoms with E-state index in [1.807, 2.05) is 23.3 Å². The first-order valence-electron chi connectivity index (χ1n) is 7.25. The van der Waals surface area contributed by atoms with Gasteiger partial charge in [-0.3, -0.25) is 9.69 Å². The van der Waals surface area contributed by atoms with Crippen LogP contribution in [0.3, 0.4) is 0 Å². The number of rotatable bonds is 4. The lowest BCUT2D eigenvalue weighted by Gasteiger charge is -2.34. The molecule has 0 saturated carbocycles. The lowest BCUT2D eigenvalue weighted by atomic mass is 10.2. The van der Waals surface area contributed by atoms with Crippen LogP contribution >= 0.6 is 34.3 Å². The smallest absolute Gasteiger partial charge is 0.228 e. The fourth-order valence-electron chi connectivity index (χ4n) is 2.57. The van der Waals surface area contributed by atoms with E-state index >= 15 is 0 Å². The van der Waals surface area contributed by atoms with Gasteiger partial charge in [0.25, 0.3) is 0 Å². The van der Waals surface area contributed by atoms with Gasteiger partial charge in [-0.25, -0.2) is 4.98 Å². The van der Waals surface area contributed by atoms with Crippen LogP contribution < -0.4 is 0 Å². The third kappa shape index (κ3) is 4.07. The molecular formula is C15H18ClN3OS2. The molecule has 4 nitrogen and oxygen atoms in total. The topological polar surface area (TPSA) is 36.4 Å². The Balaban J connectivity index is 1.47. The zero-order chi connectivity index (χ0) is 15.5. The van der Waals surface area contributed by atoms with E-state index in [2.05, 4.69) is 16.0 Å². The Labute approximate surface area is 143 Å². The Kier molecular flexibility index (Phi) is 5.13. The maximum atomic E-state index is 12.3. The first-order valence-corrected chi connectivity index (χ1v) is 9.33. The molecule has 2 aromatic rings. The molecule has 0 spiro atoms.